The first-order valence-electron chi connectivity index (χ1n) is 6.00. The summed E-state index contributed by atoms with van der Waals surface area (Å²) < 4.78 is 0. The van der Waals surface area contributed by atoms with Gasteiger partial charge in [-0.3, -0.25) is 0 Å². The van der Waals surface area contributed by atoms with E-state index >= 15 is 0 Å². The minimum absolute atomic E-state index is 0.720. The number of rotatable bonds is 1. The molecule has 0 nitrogen and oxygen atoms in total. The van der Waals surface area contributed by atoms with Crippen LogP contribution >= 0.6 is 0 Å². The van der Waals surface area contributed by atoms with E-state index in [1.165, 1.54) is 38.5 Å². The summed E-state index contributed by atoms with van der Waals surface area (Å²) in [5, 5.41) is 0. The van der Waals surface area contributed by atoms with E-state index in [1.54, 1.807) is 0 Å². The van der Waals surface area contributed by atoms with Crippen LogP contribution in [0.15, 0.2) is 0 Å². The van der Waals surface area contributed by atoms with Gasteiger partial charge in [-0.25, -0.2) is 0 Å². The van der Waals surface area contributed by atoms with Crippen molar-refractivity contribution in [2.75, 3.05) is 0 Å². The molecule has 0 spiro atoms. The molecule has 0 saturated heterocycles. The molecule has 0 unspecified atom stereocenters. The van der Waals surface area contributed by atoms with Crippen molar-refractivity contribution >= 4 is 0 Å². The largest absolute Gasteiger partial charge is 0.0649 e. The van der Waals surface area contributed by atoms with E-state index in [-0.39, 0.29) is 0 Å². The lowest BCUT2D eigenvalue weighted by Gasteiger charge is -2.32. The molecule has 0 amide bonds. The van der Waals surface area contributed by atoms with Crippen molar-refractivity contribution in [1.82, 2.24) is 0 Å². The van der Waals surface area contributed by atoms with Gasteiger partial charge < -0.3 is 0 Å². The highest BCUT2D eigenvalue weighted by molar-refractivity contribution is 4.76. The monoisotopic (exact) mass is 184 g/mol. The minimum atomic E-state index is 0.720. The van der Waals surface area contributed by atoms with Gasteiger partial charge in [-0.15, -0.1) is 0 Å². The summed E-state index contributed by atoms with van der Waals surface area (Å²) >= 11 is 0. The van der Waals surface area contributed by atoms with E-state index in [0.717, 1.165) is 11.3 Å². The molecule has 0 aromatic carbocycles. The average molecular weight is 184 g/mol. The third-order valence-electron chi connectivity index (χ3n) is 2.91. The first kappa shape index (κ1) is 13.0. The Kier molecular flexibility index (Phi) is 6.45. The molecule has 0 aromatic heterocycles. The Morgan fingerprint density at radius 3 is 1.62 bits per heavy atom. The van der Waals surface area contributed by atoms with E-state index in [9.17, 15) is 0 Å². The van der Waals surface area contributed by atoms with Gasteiger partial charge in [0.15, 0.2) is 0 Å². The summed E-state index contributed by atoms with van der Waals surface area (Å²) in [5.74, 6) is 0.833. The molecule has 1 aliphatic rings. The SMILES string of the molecule is CC(C)C.CCC1(C)CCCCC1. The zero-order valence-electron chi connectivity index (χ0n) is 10.3. The molecular weight excluding hydrogens is 156 g/mol. The fourth-order valence-electron chi connectivity index (χ4n) is 1.76. The highest BCUT2D eigenvalue weighted by Gasteiger charge is 2.23. The van der Waals surface area contributed by atoms with Crippen LogP contribution in [0.2, 0.25) is 0 Å². The molecule has 80 valence electrons. The molecule has 0 aromatic rings. The first-order chi connectivity index (χ1) is 6.00. The van der Waals surface area contributed by atoms with Crippen molar-refractivity contribution in [3.05, 3.63) is 0 Å². The molecule has 1 fully saturated rings. The molecule has 0 aliphatic heterocycles. The zero-order valence-corrected chi connectivity index (χ0v) is 10.3. The number of hydrogen-bond acceptors (Lipinski definition) is 0. The maximum Gasteiger partial charge on any atom is -0.0328 e. The predicted molar refractivity (Wildman–Crippen MR) is 62.0 cm³/mol. The van der Waals surface area contributed by atoms with Crippen molar-refractivity contribution < 1.29 is 0 Å². The Morgan fingerprint density at radius 1 is 1.00 bits per heavy atom. The van der Waals surface area contributed by atoms with Crippen molar-refractivity contribution in [3.63, 3.8) is 0 Å². The van der Waals surface area contributed by atoms with Crippen LogP contribution in [0, 0.1) is 11.3 Å². The Hall–Kier alpha value is 0. The topological polar surface area (TPSA) is 0 Å². The van der Waals surface area contributed by atoms with E-state index in [4.69, 9.17) is 0 Å². The third-order valence-corrected chi connectivity index (χ3v) is 2.91. The summed E-state index contributed by atoms with van der Waals surface area (Å²) in [6, 6.07) is 0. The summed E-state index contributed by atoms with van der Waals surface area (Å²) in [5.41, 5.74) is 0.720. The van der Waals surface area contributed by atoms with Crippen LogP contribution in [-0.4, -0.2) is 0 Å². The van der Waals surface area contributed by atoms with Gasteiger partial charge in [0.05, 0.1) is 0 Å². The van der Waals surface area contributed by atoms with Gasteiger partial charge in [0.2, 0.25) is 0 Å². The van der Waals surface area contributed by atoms with Gasteiger partial charge in [-0.05, 0) is 24.2 Å². The van der Waals surface area contributed by atoms with Crippen LogP contribution in [0.5, 0.6) is 0 Å². The molecule has 0 bridgehead atoms. The maximum atomic E-state index is 2.44. The Labute approximate surface area is 85.1 Å². The smallest absolute Gasteiger partial charge is 0.0328 e. The van der Waals surface area contributed by atoms with Crippen LogP contribution in [-0.2, 0) is 0 Å². The molecule has 13 heavy (non-hydrogen) atoms. The van der Waals surface area contributed by atoms with Crippen LogP contribution in [0.4, 0.5) is 0 Å². The van der Waals surface area contributed by atoms with Gasteiger partial charge in [-0.1, -0.05) is 60.3 Å². The van der Waals surface area contributed by atoms with Gasteiger partial charge in [-0.2, -0.15) is 0 Å². The Bertz CT molecular complexity index is 104. The van der Waals surface area contributed by atoms with Crippen molar-refractivity contribution in [2.45, 2.75) is 73.1 Å². The molecule has 0 heterocycles. The fraction of sp³-hybridized carbons (Fsp3) is 1.00. The standard InChI is InChI=1S/C9H18.C4H10/c1-3-9(2)7-5-4-6-8-9;1-4(2)3/h3-8H2,1-2H3;4H,1-3H3. The lowest BCUT2D eigenvalue weighted by Crippen LogP contribution is -2.18. The van der Waals surface area contributed by atoms with Crippen molar-refractivity contribution in [2.24, 2.45) is 11.3 Å². The van der Waals surface area contributed by atoms with Crippen molar-refractivity contribution in [3.8, 4) is 0 Å². The third kappa shape index (κ3) is 7.10. The van der Waals surface area contributed by atoms with Crippen LogP contribution in [0.1, 0.15) is 73.1 Å². The fourth-order valence-corrected chi connectivity index (χ4v) is 1.76. The summed E-state index contributed by atoms with van der Waals surface area (Å²) in [6.07, 6.45) is 8.77. The predicted octanol–water partition coefficient (Wildman–Crippen LogP) is 5.03. The van der Waals surface area contributed by atoms with Crippen molar-refractivity contribution in [1.29, 1.82) is 0 Å². The van der Waals surface area contributed by atoms with Crippen LogP contribution in [0.3, 0.4) is 0 Å². The lowest BCUT2D eigenvalue weighted by molar-refractivity contribution is 0.208. The zero-order chi connectivity index (χ0) is 10.3. The van der Waals surface area contributed by atoms with E-state index in [1.807, 2.05) is 0 Å². The van der Waals surface area contributed by atoms with E-state index < -0.39 is 0 Å². The second-order valence-corrected chi connectivity index (χ2v) is 5.46. The highest BCUT2D eigenvalue weighted by Crippen LogP contribution is 2.37. The molecular formula is C13H28. The molecule has 1 aliphatic carbocycles. The number of hydrogen-bond donors (Lipinski definition) is 0. The second-order valence-electron chi connectivity index (χ2n) is 5.46. The molecule has 1 rings (SSSR count). The van der Waals surface area contributed by atoms with E-state index in [2.05, 4.69) is 34.6 Å². The Balaban J connectivity index is 0.000000310. The lowest BCUT2D eigenvalue weighted by atomic mass is 9.74. The summed E-state index contributed by atoms with van der Waals surface area (Å²) in [4.78, 5) is 0. The van der Waals surface area contributed by atoms with Gasteiger partial charge >= 0.3 is 0 Å². The Morgan fingerprint density at radius 2 is 1.38 bits per heavy atom. The van der Waals surface area contributed by atoms with Crippen LogP contribution in [0.25, 0.3) is 0 Å². The average Bonchev–Trinajstić information content (AvgIpc) is 2.05. The normalized spacial score (nSPS) is 20.8. The molecule has 0 radical (unpaired) electrons. The molecule has 0 heteroatoms. The van der Waals surface area contributed by atoms with Gasteiger partial charge in [0, 0.05) is 0 Å². The van der Waals surface area contributed by atoms with Crippen LogP contribution < -0.4 is 0 Å². The summed E-state index contributed by atoms with van der Waals surface area (Å²) in [6.45, 7) is 11.3. The minimum Gasteiger partial charge on any atom is -0.0649 e. The quantitative estimate of drug-likeness (QED) is 0.536. The maximum absolute atomic E-state index is 2.44. The molecule has 0 atom stereocenters. The summed E-state index contributed by atoms with van der Waals surface area (Å²) in [7, 11) is 0. The van der Waals surface area contributed by atoms with E-state index in [0.29, 0.717) is 0 Å². The molecule has 0 N–H and O–H groups in total. The highest BCUT2D eigenvalue weighted by atomic mass is 14.3. The first-order valence-corrected chi connectivity index (χ1v) is 6.00. The van der Waals surface area contributed by atoms with Gasteiger partial charge in [0.25, 0.3) is 0 Å². The second kappa shape index (κ2) is 6.45. The van der Waals surface area contributed by atoms with Gasteiger partial charge in [0.1, 0.15) is 0 Å². The molecule has 1 saturated carbocycles.